The van der Waals surface area contributed by atoms with Gasteiger partial charge in [-0.1, -0.05) is 65.6 Å². The summed E-state index contributed by atoms with van der Waals surface area (Å²) in [4.78, 5) is 6.02. The van der Waals surface area contributed by atoms with Crippen molar-refractivity contribution in [2.75, 3.05) is 0 Å². The molecule has 8 heteroatoms. The molecule has 1 aromatic heterocycles. The molecule has 0 aliphatic carbocycles. The minimum atomic E-state index is 0.243. The molecule has 0 fully saturated rings. The van der Waals surface area contributed by atoms with Crippen molar-refractivity contribution in [3.8, 4) is 11.4 Å². The van der Waals surface area contributed by atoms with Gasteiger partial charge in [0, 0.05) is 43.5 Å². The Bertz CT molecular complexity index is 1160. The molecule has 0 amide bonds. The first-order valence-electron chi connectivity index (χ1n) is 12.1. The van der Waals surface area contributed by atoms with Gasteiger partial charge in [0.05, 0.1) is 0 Å². The molecule has 0 saturated heterocycles. The smallest absolute Gasteiger partial charge is 0.201 e. The SMILES string of the molecule is CC(C)c1cc(N=[N+]=[N-])cc(C(C)C)c1-n1cc[n+](-c2c(C(C)C)cc(N=[N+]=[N-])cc2C(C)C)c1. The summed E-state index contributed by atoms with van der Waals surface area (Å²) >= 11 is 0. The van der Waals surface area contributed by atoms with Crippen LogP contribution in [0.5, 0.6) is 0 Å². The van der Waals surface area contributed by atoms with Crippen LogP contribution in [0, 0.1) is 0 Å². The Kier molecular flexibility index (Phi) is 7.90. The summed E-state index contributed by atoms with van der Waals surface area (Å²) in [6.07, 6.45) is 6.27. The van der Waals surface area contributed by atoms with Crippen LogP contribution >= 0.6 is 0 Å². The first-order chi connectivity index (χ1) is 16.6. The van der Waals surface area contributed by atoms with Gasteiger partial charge in [-0.05, 0) is 59.0 Å². The molecular weight excluding hydrogens is 436 g/mol. The van der Waals surface area contributed by atoms with E-state index in [2.05, 4.69) is 103 Å². The number of hydrogen-bond acceptors (Lipinski definition) is 2. The van der Waals surface area contributed by atoms with Gasteiger partial charge < -0.3 is 0 Å². The number of rotatable bonds is 8. The topological polar surface area (TPSA) is 106 Å². The lowest BCUT2D eigenvalue weighted by atomic mass is 9.91. The number of imidazole rings is 1. The predicted molar refractivity (Wildman–Crippen MR) is 141 cm³/mol. The minimum absolute atomic E-state index is 0.243. The Balaban J connectivity index is 2.32. The Morgan fingerprint density at radius 2 is 1.09 bits per heavy atom. The molecule has 35 heavy (non-hydrogen) atoms. The van der Waals surface area contributed by atoms with Crippen LogP contribution in [0.1, 0.15) is 101 Å². The molecule has 1 heterocycles. The van der Waals surface area contributed by atoms with E-state index in [0.717, 1.165) is 33.6 Å². The summed E-state index contributed by atoms with van der Waals surface area (Å²) in [5.74, 6) is 0.973. The summed E-state index contributed by atoms with van der Waals surface area (Å²) in [6, 6.07) is 7.96. The fourth-order valence-corrected chi connectivity index (χ4v) is 4.52. The molecule has 0 aliphatic heterocycles. The van der Waals surface area contributed by atoms with Crippen molar-refractivity contribution in [2.24, 2.45) is 10.2 Å². The van der Waals surface area contributed by atoms with Gasteiger partial charge in [0.25, 0.3) is 6.33 Å². The van der Waals surface area contributed by atoms with Gasteiger partial charge in [0.15, 0.2) is 0 Å². The van der Waals surface area contributed by atoms with E-state index < -0.39 is 0 Å². The van der Waals surface area contributed by atoms with Crippen LogP contribution in [0.25, 0.3) is 32.3 Å². The lowest BCUT2D eigenvalue weighted by Gasteiger charge is -2.19. The lowest BCUT2D eigenvalue weighted by molar-refractivity contribution is -0.596. The van der Waals surface area contributed by atoms with Crippen molar-refractivity contribution in [1.82, 2.24) is 4.57 Å². The van der Waals surface area contributed by atoms with Crippen LogP contribution in [0.15, 0.2) is 53.2 Å². The number of nitrogens with zero attached hydrogens (tertiary/aromatic N) is 8. The molecule has 3 aromatic rings. The standard InChI is InChI=1S/C27H35N8/c1-16(2)22-11-20(30-32-28)12-23(17(3)4)26(22)34-9-10-35(15-34)27-24(18(5)6)13-21(31-33-29)14-25(27)19(7)8/h9-19H,1-8H3/q+1. The zero-order chi connectivity index (χ0) is 25.9. The molecule has 0 bridgehead atoms. The van der Waals surface area contributed by atoms with Crippen LogP contribution in [0.3, 0.4) is 0 Å². The summed E-state index contributed by atoms with van der Waals surface area (Å²) in [5, 5.41) is 7.79. The van der Waals surface area contributed by atoms with Crippen LogP contribution in [0.2, 0.25) is 0 Å². The third-order valence-corrected chi connectivity index (χ3v) is 6.27. The van der Waals surface area contributed by atoms with E-state index in [1.807, 2.05) is 24.3 Å². The third kappa shape index (κ3) is 5.35. The maximum absolute atomic E-state index is 9.01. The molecular formula is C27H35N8+. The molecule has 2 aromatic carbocycles. The van der Waals surface area contributed by atoms with E-state index in [1.54, 1.807) is 0 Å². The summed E-state index contributed by atoms with van der Waals surface area (Å²) in [6.45, 7) is 17.2. The lowest BCUT2D eigenvalue weighted by Crippen LogP contribution is -2.32. The van der Waals surface area contributed by atoms with E-state index in [9.17, 15) is 0 Å². The summed E-state index contributed by atoms with van der Waals surface area (Å²) < 4.78 is 4.33. The number of aromatic nitrogens is 2. The monoisotopic (exact) mass is 471 g/mol. The molecule has 3 rings (SSSR count). The molecule has 182 valence electrons. The van der Waals surface area contributed by atoms with Gasteiger partial charge in [-0.15, -0.1) is 0 Å². The van der Waals surface area contributed by atoms with Crippen molar-refractivity contribution in [2.45, 2.75) is 79.1 Å². The molecule has 0 saturated carbocycles. The quantitative estimate of drug-likeness (QED) is 0.135. The maximum Gasteiger partial charge on any atom is 0.254 e. The normalized spacial score (nSPS) is 11.3. The Morgan fingerprint density at radius 1 is 0.686 bits per heavy atom. The molecule has 8 nitrogen and oxygen atoms in total. The van der Waals surface area contributed by atoms with Gasteiger partial charge >= 0.3 is 0 Å². The largest absolute Gasteiger partial charge is 0.254 e. The predicted octanol–water partition coefficient (Wildman–Crippen LogP) is 9.13. The molecule has 0 unspecified atom stereocenters. The molecule has 0 N–H and O–H groups in total. The van der Waals surface area contributed by atoms with Gasteiger partial charge in [-0.25, -0.2) is 9.13 Å². The highest BCUT2D eigenvalue weighted by Crippen LogP contribution is 2.36. The van der Waals surface area contributed by atoms with E-state index in [0.29, 0.717) is 11.4 Å². The number of azide groups is 2. The van der Waals surface area contributed by atoms with Crippen LogP contribution in [0.4, 0.5) is 11.4 Å². The molecule has 0 radical (unpaired) electrons. The summed E-state index contributed by atoms with van der Waals surface area (Å²) in [7, 11) is 0. The number of hydrogen-bond donors (Lipinski definition) is 0. The van der Waals surface area contributed by atoms with Gasteiger partial charge in [-0.3, -0.25) is 0 Å². The van der Waals surface area contributed by atoms with Crippen molar-refractivity contribution < 1.29 is 4.57 Å². The molecule has 0 atom stereocenters. The number of benzene rings is 2. The Labute approximate surface area is 207 Å². The third-order valence-electron chi connectivity index (χ3n) is 6.27. The second kappa shape index (κ2) is 10.7. The molecule has 0 aliphatic rings. The van der Waals surface area contributed by atoms with Crippen LogP contribution in [-0.2, 0) is 0 Å². The van der Waals surface area contributed by atoms with Gasteiger partial charge in [0.2, 0.25) is 0 Å². The second-order valence-electron chi connectivity index (χ2n) is 10.2. The van der Waals surface area contributed by atoms with E-state index >= 15 is 0 Å². The highest BCUT2D eigenvalue weighted by atomic mass is 15.1. The zero-order valence-corrected chi connectivity index (χ0v) is 21.9. The van der Waals surface area contributed by atoms with Crippen LogP contribution < -0.4 is 4.57 Å². The Hall–Kier alpha value is -3.73. The van der Waals surface area contributed by atoms with Crippen molar-refractivity contribution in [3.05, 3.63) is 86.1 Å². The second-order valence-corrected chi connectivity index (χ2v) is 10.2. The van der Waals surface area contributed by atoms with Crippen LogP contribution in [-0.4, -0.2) is 4.57 Å². The highest BCUT2D eigenvalue weighted by molar-refractivity contribution is 5.59. The minimum Gasteiger partial charge on any atom is -0.201 e. The van der Waals surface area contributed by atoms with E-state index in [-0.39, 0.29) is 23.7 Å². The average Bonchev–Trinajstić information content (AvgIpc) is 3.27. The van der Waals surface area contributed by atoms with Crippen molar-refractivity contribution >= 4 is 11.4 Å². The summed E-state index contributed by atoms with van der Waals surface area (Å²) in [5.41, 5.74) is 26.1. The average molecular weight is 472 g/mol. The Morgan fingerprint density at radius 3 is 1.46 bits per heavy atom. The zero-order valence-electron chi connectivity index (χ0n) is 21.9. The fourth-order valence-electron chi connectivity index (χ4n) is 4.52. The molecule has 0 spiro atoms. The first-order valence-corrected chi connectivity index (χ1v) is 12.1. The van der Waals surface area contributed by atoms with Gasteiger partial charge in [-0.2, -0.15) is 0 Å². The van der Waals surface area contributed by atoms with Crippen molar-refractivity contribution in [1.29, 1.82) is 0 Å². The van der Waals surface area contributed by atoms with Gasteiger partial charge in [0.1, 0.15) is 23.8 Å². The first kappa shape index (κ1) is 25.9. The highest BCUT2D eigenvalue weighted by Gasteiger charge is 2.25. The maximum atomic E-state index is 9.01. The van der Waals surface area contributed by atoms with E-state index in [4.69, 9.17) is 11.1 Å². The fraction of sp³-hybridized carbons (Fsp3) is 0.444. The van der Waals surface area contributed by atoms with E-state index in [1.165, 1.54) is 0 Å². The van der Waals surface area contributed by atoms with Crippen molar-refractivity contribution in [3.63, 3.8) is 0 Å².